The van der Waals surface area contributed by atoms with Gasteiger partial charge in [-0.3, -0.25) is 19.6 Å². The van der Waals surface area contributed by atoms with Crippen molar-refractivity contribution in [2.75, 3.05) is 23.0 Å². The Morgan fingerprint density at radius 2 is 1.74 bits per heavy atom. The lowest BCUT2D eigenvalue weighted by Crippen LogP contribution is -2.14. The maximum atomic E-state index is 13.5. The molecule has 0 bridgehead atoms. The minimum Gasteiger partial charge on any atom is -0.388 e. The molecule has 190 valence electrons. The highest BCUT2D eigenvalue weighted by Gasteiger charge is 2.29. The molecule has 2 aromatic carbocycles. The van der Waals surface area contributed by atoms with E-state index >= 15 is 0 Å². The number of anilines is 3. The predicted octanol–water partition coefficient (Wildman–Crippen LogP) is 5.99. The molecular weight excluding hydrogens is 481 g/mol. The molecule has 38 heavy (non-hydrogen) atoms. The van der Waals surface area contributed by atoms with Crippen LogP contribution < -0.4 is 16.0 Å². The molecule has 0 spiro atoms. The Labute approximate surface area is 219 Å². The van der Waals surface area contributed by atoms with E-state index in [4.69, 9.17) is 0 Å². The predicted molar refractivity (Wildman–Crippen MR) is 148 cm³/mol. The van der Waals surface area contributed by atoms with Gasteiger partial charge in [0.1, 0.15) is 5.82 Å². The van der Waals surface area contributed by atoms with Crippen molar-refractivity contribution in [1.29, 1.82) is 0 Å². The second-order valence-electron chi connectivity index (χ2n) is 9.11. The number of hydrogen-bond acceptors (Lipinski definition) is 5. The van der Waals surface area contributed by atoms with Gasteiger partial charge >= 0.3 is 0 Å². The lowest BCUT2D eigenvalue weighted by molar-refractivity contribution is -0.117. The number of pyridine rings is 2. The fourth-order valence-electron chi connectivity index (χ4n) is 4.06. The molecule has 0 atom stereocenters. The van der Waals surface area contributed by atoms with E-state index in [0.29, 0.717) is 28.2 Å². The lowest BCUT2D eigenvalue weighted by Gasteiger charge is -2.15. The molecule has 1 saturated carbocycles. The zero-order valence-corrected chi connectivity index (χ0v) is 20.8. The number of carbonyl (C=O) groups excluding carboxylic acids is 2. The van der Waals surface area contributed by atoms with Crippen molar-refractivity contribution in [3.63, 3.8) is 0 Å². The summed E-state index contributed by atoms with van der Waals surface area (Å²) in [7, 11) is 1.77. The van der Waals surface area contributed by atoms with Gasteiger partial charge in [0, 0.05) is 47.1 Å². The number of amides is 2. The molecule has 4 aromatic rings. The first-order chi connectivity index (χ1) is 18.4. The summed E-state index contributed by atoms with van der Waals surface area (Å²) in [6.07, 6.45) is 6.69. The second-order valence-corrected chi connectivity index (χ2v) is 9.11. The van der Waals surface area contributed by atoms with Gasteiger partial charge in [-0.25, -0.2) is 4.39 Å². The molecule has 8 heteroatoms. The Morgan fingerprint density at radius 1 is 0.895 bits per heavy atom. The summed E-state index contributed by atoms with van der Waals surface area (Å²) < 4.78 is 13.5. The van der Waals surface area contributed by atoms with Crippen LogP contribution in [0.2, 0.25) is 0 Å². The van der Waals surface area contributed by atoms with Crippen LogP contribution in [0, 0.1) is 11.7 Å². The first-order valence-electron chi connectivity index (χ1n) is 12.2. The average Bonchev–Trinajstić information content (AvgIpc) is 3.79. The molecule has 5 rings (SSSR count). The summed E-state index contributed by atoms with van der Waals surface area (Å²) in [6, 6.07) is 17.1. The van der Waals surface area contributed by atoms with Crippen LogP contribution in [0.25, 0.3) is 28.0 Å². The number of rotatable bonds is 8. The molecule has 0 unspecified atom stereocenters. The molecular formula is C30H26FN5O2. The maximum Gasteiger partial charge on any atom is 0.255 e. The van der Waals surface area contributed by atoms with Crippen LogP contribution in [0.3, 0.4) is 0 Å². The van der Waals surface area contributed by atoms with E-state index in [1.54, 1.807) is 43.7 Å². The Morgan fingerprint density at radius 3 is 2.45 bits per heavy atom. The minimum atomic E-state index is -0.387. The largest absolute Gasteiger partial charge is 0.388 e. The van der Waals surface area contributed by atoms with Gasteiger partial charge in [0.05, 0.1) is 29.5 Å². The molecule has 1 fully saturated rings. The van der Waals surface area contributed by atoms with Gasteiger partial charge in [0.15, 0.2) is 0 Å². The Hall–Kier alpha value is -4.85. The van der Waals surface area contributed by atoms with Crippen LogP contribution in [0.15, 0.2) is 85.8 Å². The molecule has 1 aliphatic carbocycles. The van der Waals surface area contributed by atoms with E-state index in [1.807, 2.05) is 24.3 Å². The number of nitrogens with one attached hydrogen (secondary N) is 3. The third kappa shape index (κ3) is 5.59. The van der Waals surface area contributed by atoms with Crippen molar-refractivity contribution in [3.8, 4) is 22.4 Å². The fourth-order valence-corrected chi connectivity index (χ4v) is 4.06. The molecule has 2 amide bonds. The van der Waals surface area contributed by atoms with Gasteiger partial charge < -0.3 is 16.0 Å². The van der Waals surface area contributed by atoms with Crippen LogP contribution in [0.1, 0.15) is 18.4 Å². The van der Waals surface area contributed by atoms with Crippen LogP contribution in [-0.4, -0.2) is 28.8 Å². The smallest absolute Gasteiger partial charge is 0.255 e. The highest BCUT2D eigenvalue weighted by Crippen LogP contribution is 2.32. The third-order valence-electron chi connectivity index (χ3n) is 6.32. The number of nitrogens with zero attached hydrogens (tertiary/aromatic N) is 2. The van der Waals surface area contributed by atoms with E-state index in [0.717, 1.165) is 29.7 Å². The Balaban J connectivity index is 1.33. The summed E-state index contributed by atoms with van der Waals surface area (Å²) in [5.41, 5.74) is 5.60. The molecule has 2 aromatic heterocycles. The average molecular weight is 508 g/mol. The zero-order chi connectivity index (χ0) is 26.6. The highest BCUT2D eigenvalue weighted by atomic mass is 19.1. The molecule has 2 heterocycles. The van der Waals surface area contributed by atoms with Crippen molar-refractivity contribution in [2.45, 2.75) is 12.8 Å². The zero-order valence-electron chi connectivity index (χ0n) is 20.8. The van der Waals surface area contributed by atoms with Gasteiger partial charge in [-0.05, 0) is 60.9 Å². The van der Waals surface area contributed by atoms with Crippen LogP contribution in [-0.2, 0) is 9.59 Å². The molecule has 0 saturated heterocycles. The van der Waals surface area contributed by atoms with Crippen molar-refractivity contribution in [1.82, 2.24) is 9.97 Å². The second kappa shape index (κ2) is 10.6. The quantitative estimate of drug-likeness (QED) is 0.255. The van der Waals surface area contributed by atoms with Crippen LogP contribution in [0.4, 0.5) is 21.5 Å². The van der Waals surface area contributed by atoms with Gasteiger partial charge in [-0.2, -0.15) is 0 Å². The number of hydrogen-bond donors (Lipinski definition) is 3. The minimum absolute atomic E-state index is 0.0127. The van der Waals surface area contributed by atoms with Gasteiger partial charge in [0.25, 0.3) is 5.91 Å². The van der Waals surface area contributed by atoms with Crippen molar-refractivity contribution in [2.24, 2.45) is 5.92 Å². The summed E-state index contributed by atoms with van der Waals surface area (Å²) in [5, 5.41) is 8.85. The highest BCUT2D eigenvalue weighted by molar-refractivity contribution is 6.26. The first kappa shape index (κ1) is 24.8. The lowest BCUT2D eigenvalue weighted by atomic mass is 9.98. The van der Waals surface area contributed by atoms with Gasteiger partial charge in [0.2, 0.25) is 5.91 Å². The molecule has 1 aliphatic rings. The number of benzene rings is 2. The Kier molecular flexibility index (Phi) is 6.95. The molecule has 7 nitrogen and oxygen atoms in total. The van der Waals surface area contributed by atoms with Crippen molar-refractivity contribution >= 4 is 34.4 Å². The van der Waals surface area contributed by atoms with Crippen molar-refractivity contribution in [3.05, 3.63) is 97.2 Å². The van der Waals surface area contributed by atoms with Crippen LogP contribution >= 0.6 is 0 Å². The number of aromatic nitrogens is 2. The summed E-state index contributed by atoms with van der Waals surface area (Å²) in [4.78, 5) is 33.9. The molecule has 0 radical (unpaired) electrons. The summed E-state index contributed by atoms with van der Waals surface area (Å²) in [5.74, 6) is -0.623. The molecule has 3 N–H and O–H groups in total. The third-order valence-corrected chi connectivity index (χ3v) is 6.32. The first-order valence-corrected chi connectivity index (χ1v) is 12.2. The fraction of sp³-hybridized carbons (Fsp3) is 0.133. The maximum absolute atomic E-state index is 13.5. The standard InChI is InChI=1S/C30H26FN5O2/c1-18(29(37)35-24-9-11-27(34-17-24)21-4-3-5-23(31)12-21)26-14-20(8-10-28(26)32-2)22-13-25(16-33-15-22)36-30(38)19-6-7-19/h3-5,8-17,19,32H,1,6-7H2,2H3,(H,35,37)(H,36,38). The molecule has 0 aliphatic heterocycles. The van der Waals surface area contributed by atoms with E-state index < -0.39 is 0 Å². The summed E-state index contributed by atoms with van der Waals surface area (Å²) in [6.45, 7) is 4.04. The number of halogens is 1. The normalized spacial score (nSPS) is 12.5. The SMILES string of the molecule is C=C(C(=O)Nc1ccc(-c2cccc(F)c2)nc1)c1cc(-c2cncc(NC(=O)C3CC3)c2)ccc1NC. The van der Waals surface area contributed by atoms with Gasteiger partial charge in [-0.1, -0.05) is 24.8 Å². The van der Waals surface area contributed by atoms with Crippen molar-refractivity contribution < 1.29 is 14.0 Å². The Bertz CT molecular complexity index is 1530. The van der Waals surface area contributed by atoms with Gasteiger partial charge in [-0.15, -0.1) is 0 Å². The van der Waals surface area contributed by atoms with E-state index in [2.05, 4.69) is 32.5 Å². The van der Waals surface area contributed by atoms with Crippen LogP contribution in [0.5, 0.6) is 0 Å². The monoisotopic (exact) mass is 507 g/mol. The van der Waals surface area contributed by atoms with E-state index in [-0.39, 0.29) is 29.1 Å². The summed E-state index contributed by atoms with van der Waals surface area (Å²) >= 11 is 0. The van der Waals surface area contributed by atoms with E-state index in [1.165, 1.54) is 18.3 Å². The topological polar surface area (TPSA) is 96.0 Å². The van der Waals surface area contributed by atoms with E-state index in [9.17, 15) is 14.0 Å². The number of carbonyl (C=O) groups is 2.